The monoisotopic (exact) mass is 632 g/mol. The van der Waals surface area contributed by atoms with E-state index in [2.05, 4.69) is 13.8 Å². The van der Waals surface area contributed by atoms with Gasteiger partial charge >= 0.3 is 17.9 Å². The minimum atomic E-state index is -1.09. The smallest absolute Gasteiger partial charge is 0.338 e. The van der Waals surface area contributed by atoms with Crippen molar-refractivity contribution >= 4 is 23.7 Å². The van der Waals surface area contributed by atoms with Crippen LogP contribution in [0.25, 0.3) is 0 Å². The average molecular weight is 633 g/mol. The molecule has 11 atom stereocenters. The van der Waals surface area contributed by atoms with Crippen molar-refractivity contribution in [3.8, 4) is 11.5 Å². The molecule has 2 heterocycles. The summed E-state index contributed by atoms with van der Waals surface area (Å²) in [7, 11) is 1.57. The van der Waals surface area contributed by atoms with Crippen molar-refractivity contribution in [3.63, 3.8) is 0 Å². The van der Waals surface area contributed by atoms with Crippen molar-refractivity contribution in [1.82, 2.24) is 0 Å². The largest absolute Gasteiger partial charge is 0.462 e. The quantitative estimate of drug-likeness (QED) is 0.328. The molecule has 0 radical (unpaired) electrons. The minimum absolute atomic E-state index is 0.0644. The summed E-state index contributed by atoms with van der Waals surface area (Å²) >= 11 is 0. The van der Waals surface area contributed by atoms with Crippen molar-refractivity contribution < 1.29 is 47.6 Å². The number of carbonyl (C=O) groups excluding carboxylic acids is 4. The van der Waals surface area contributed by atoms with Crippen molar-refractivity contribution in [2.24, 2.45) is 40.4 Å². The zero-order valence-corrected chi connectivity index (χ0v) is 26.7. The summed E-state index contributed by atoms with van der Waals surface area (Å²) in [5, 5.41) is 0. The maximum absolute atomic E-state index is 14.9. The van der Waals surface area contributed by atoms with Gasteiger partial charge in [0.15, 0.2) is 23.4 Å². The average Bonchev–Trinajstić information content (AvgIpc) is 3.51. The SMILES string of the molecule is COC1C(C)C2CC(=O)OC3CC4C(C)CC(OC(=O)c5ccccc5)C(=O)C4(C)C(C1OC(=O)c1ccc4c(c1)OCO4)C32C. The van der Waals surface area contributed by atoms with E-state index in [1.807, 2.05) is 19.9 Å². The van der Waals surface area contributed by atoms with Crippen LogP contribution in [-0.2, 0) is 28.5 Å². The van der Waals surface area contributed by atoms with Crippen molar-refractivity contribution in [3.05, 3.63) is 59.7 Å². The number of methoxy groups -OCH3 is 1. The summed E-state index contributed by atoms with van der Waals surface area (Å²) in [6.45, 7) is 8.14. The number of ether oxygens (including phenoxy) is 6. The van der Waals surface area contributed by atoms with Gasteiger partial charge in [0.2, 0.25) is 6.79 Å². The van der Waals surface area contributed by atoms with Gasteiger partial charge in [0.25, 0.3) is 0 Å². The van der Waals surface area contributed by atoms with E-state index in [1.54, 1.807) is 49.6 Å². The molecule has 0 N–H and O–H groups in total. The Morgan fingerprint density at radius 2 is 1.57 bits per heavy atom. The second-order valence-corrected chi connectivity index (χ2v) is 14.1. The Balaban J connectivity index is 1.31. The van der Waals surface area contributed by atoms with Crippen LogP contribution in [0.15, 0.2) is 48.5 Å². The number of Topliss-reactive ketones (excluding diaryl/α,β-unsaturated/α-hetero) is 1. The first kappa shape index (κ1) is 30.7. The molecule has 4 fully saturated rings. The molecule has 244 valence electrons. The van der Waals surface area contributed by atoms with Crippen LogP contribution in [0.1, 0.15) is 67.7 Å². The van der Waals surface area contributed by atoms with Gasteiger partial charge in [-0.1, -0.05) is 45.9 Å². The molecule has 11 unspecified atom stereocenters. The fraction of sp³-hybridized carbons (Fsp3) is 0.556. The fourth-order valence-electron chi connectivity index (χ4n) is 9.91. The topological polar surface area (TPSA) is 124 Å². The predicted octanol–water partition coefficient (Wildman–Crippen LogP) is 5.02. The second kappa shape index (κ2) is 11.1. The van der Waals surface area contributed by atoms with E-state index >= 15 is 0 Å². The Hall–Kier alpha value is -3.92. The van der Waals surface area contributed by atoms with Gasteiger partial charge in [-0.25, -0.2) is 9.59 Å². The molecular weight excluding hydrogens is 592 g/mol. The summed E-state index contributed by atoms with van der Waals surface area (Å²) in [6, 6.07) is 13.5. The molecule has 2 aliphatic heterocycles. The Labute approximate surface area is 268 Å². The Morgan fingerprint density at radius 3 is 2.30 bits per heavy atom. The molecule has 2 aromatic carbocycles. The summed E-state index contributed by atoms with van der Waals surface area (Å²) in [6.07, 6.45) is -1.94. The lowest BCUT2D eigenvalue weighted by molar-refractivity contribution is -0.284. The summed E-state index contributed by atoms with van der Waals surface area (Å²) in [5.41, 5.74) is -1.18. The van der Waals surface area contributed by atoms with E-state index in [0.717, 1.165) is 0 Å². The highest BCUT2D eigenvalue weighted by atomic mass is 16.7. The normalized spacial score (nSPS) is 39.0. The summed E-state index contributed by atoms with van der Waals surface area (Å²) < 4.78 is 35.6. The van der Waals surface area contributed by atoms with Gasteiger partial charge < -0.3 is 28.4 Å². The third kappa shape index (κ3) is 4.47. The molecule has 3 aliphatic carbocycles. The second-order valence-electron chi connectivity index (χ2n) is 14.1. The zero-order chi connectivity index (χ0) is 32.5. The third-order valence-corrected chi connectivity index (χ3v) is 12.0. The van der Waals surface area contributed by atoms with Gasteiger partial charge in [-0.05, 0) is 66.8 Å². The molecule has 0 amide bonds. The molecule has 10 heteroatoms. The standard InChI is InChI=1S/C36H40O10/c1-18-13-26(44-33(39)20-9-7-6-8-10-20)32(38)36(4)22(18)15-27-35(3)23(16-28(37)45-27)19(2)29(41-5)30(31(35)36)46-34(40)21-11-12-24-25(14-21)43-17-42-24/h6-12,14,18-19,22-23,26-27,29-31H,13,15-17H2,1-5H3. The van der Waals surface area contributed by atoms with E-state index in [-0.39, 0.29) is 54.2 Å². The number of esters is 3. The minimum Gasteiger partial charge on any atom is -0.462 e. The number of hydrogen-bond acceptors (Lipinski definition) is 10. The van der Waals surface area contributed by atoms with E-state index in [9.17, 15) is 19.2 Å². The Bertz CT molecular complexity index is 1570. The molecule has 10 nitrogen and oxygen atoms in total. The Kier molecular flexibility index (Phi) is 7.42. The molecule has 1 saturated heterocycles. The van der Waals surface area contributed by atoms with E-state index in [0.29, 0.717) is 29.9 Å². The van der Waals surface area contributed by atoms with Crippen LogP contribution in [0, 0.1) is 40.4 Å². The first-order valence-corrected chi connectivity index (χ1v) is 16.1. The number of ketones is 1. The number of carbonyl (C=O) groups is 4. The maximum atomic E-state index is 14.9. The van der Waals surface area contributed by atoms with Gasteiger partial charge in [0.05, 0.1) is 17.2 Å². The van der Waals surface area contributed by atoms with Crippen molar-refractivity contribution in [1.29, 1.82) is 0 Å². The maximum Gasteiger partial charge on any atom is 0.338 e. The molecule has 0 aromatic heterocycles. The number of benzene rings is 2. The molecule has 0 spiro atoms. The fourth-order valence-corrected chi connectivity index (χ4v) is 9.91. The summed E-state index contributed by atoms with van der Waals surface area (Å²) in [5.74, 6) is -1.90. The summed E-state index contributed by atoms with van der Waals surface area (Å²) in [4.78, 5) is 55.1. The molecule has 5 aliphatic rings. The van der Waals surface area contributed by atoms with Crippen LogP contribution >= 0.6 is 0 Å². The van der Waals surface area contributed by atoms with Crippen LogP contribution in [-0.4, -0.2) is 62.0 Å². The third-order valence-electron chi connectivity index (χ3n) is 12.0. The lowest BCUT2D eigenvalue weighted by atomic mass is 9.37. The molecule has 7 rings (SSSR count). The van der Waals surface area contributed by atoms with E-state index < -0.39 is 53.1 Å². The zero-order valence-electron chi connectivity index (χ0n) is 26.7. The van der Waals surface area contributed by atoms with Crippen LogP contribution in [0.4, 0.5) is 0 Å². The number of fused-ring (bicyclic) bond motifs is 3. The van der Waals surface area contributed by atoms with Gasteiger partial charge in [0, 0.05) is 30.3 Å². The molecular formula is C36H40O10. The van der Waals surface area contributed by atoms with Crippen LogP contribution in [0.5, 0.6) is 11.5 Å². The molecule has 46 heavy (non-hydrogen) atoms. The van der Waals surface area contributed by atoms with E-state index in [1.165, 1.54) is 0 Å². The van der Waals surface area contributed by atoms with Crippen LogP contribution < -0.4 is 9.47 Å². The molecule has 2 aromatic rings. The van der Waals surface area contributed by atoms with Crippen LogP contribution in [0.3, 0.4) is 0 Å². The van der Waals surface area contributed by atoms with Gasteiger partial charge in [0.1, 0.15) is 12.2 Å². The van der Waals surface area contributed by atoms with Gasteiger partial charge in [-0.15, -0.1) is 0 Å². The lowest BCUT2D eigenvalue weighted by Gasteiger charge is -2.69. The number of hydrogen-bond donors (Lipinski definition) is 0. The van der Waals surface area contributed by atoms with E-state index in [4.69, 9.17) is 28.4 Å². The van der Waals surface area contributed by atoms with Crippen molar-refractivity contribution in [2.75, 3.05) is 13.9 Å². The van der Waals surface area contributed by atoms with Gasteiger partial charge in [-0.2, -0.15) is 0 Å². The highest BCUT2D eigenvalue weighted by Gasteiger charge is 2.74. The highest BCUT2D eigenvalue weighted by molar-refractivity contribution is 5.96. The Morgan fingerprint density at radius 1 is 0.848 bits per heavy atom. The molecule has 0 bridgehead atoms. The number of rotatable bonds is 5. The predicted molar refractivity (Wildman–Crippen MR) is 162 cm³/mol. The highest BCUT2D eigenvalue weighted by Crippen LogP contribution is 2.69. The van der Waals surface area contributed by atoms with Crippen LogP contribution in [0.2, 0.25) is 0 Å². The van der Waals surface area contributed by atoms with Crippen molar-refractivity contribution in [2.45, 2.75) is 71.4 Å². The molecule has 3 saturated carbocycles. The first-order valence-electron chi connectivity index (χ1n) is 16.1. The lowest BCUT2D eigenvalue weighted by Crippen LogP contribution is -2.75. The first-order chi connectivity index (χ1) is 22.0. The van der Waals surface area contributed by atoms with Gasteiger partial charge in [-0.3, -0.25) is 9.59 Å².